The second kappa shape index (κ2) is 5.67. The minimum absolute atomic E-state index is 0.155. The number of hydrogen-bond donors (Lipinski definition) is 0. The average Bonchev–Trinajstić information content (AvgIpc) is 2.76. The molecule has 0 radical (unpaired) electrons. The average molecular weight is 255 g/mol. The summed E-state index contributed by atoms with van der Waals surface area (Å²) in [6, 6.07) is 0.599. The Morgan fingerprint density at radius 1 is 1.41 bits per heavy atom. The fourth-order valence-corrected chi connectivity index (χ4v) is 2.85. The highest BCUT2D eigenvalue weighted by Gasteiger charge is 2.26. The predicted octanol–water partition coefficient (Wildman–Crippen LogP) is 3.09. The zero-order valence-electron chi connectivity index (χ0n) is 10.8. The van der Waals surface area contributed by atoms with E-state index in [9.17, 15) is 0 Å². The number of hydrogen-bond acceptors (Lipinski definition) is 5. The van der Waals surface area contributed by atoms with Gasteiger partial charge in [0.1, 0.15) is 0 Å². The van der Waals surface area contributed by atoms with E-state index in [-0.39, 0.29) is 6.10 Å². The summed E-state index contributed by atoms with van der Waals surface area (Å²) in [6.07, 6.45) is 5.15. The minimum atomic E-state index is 0.155. The van der Waals surface area contributed by atoms with Crippen LogP contribution in [-0.2, 0) is 0 Å². The van der Waals surface area contributed by atoms with Crippen molar-refractivity contribution in [3.8, 4) is 5.88 Å². The number of piperidine rings is 1. The van der Waals surface area contributed by atoms with E-state index >= 15 is 0 Å². The Morgan fingerprint density at radius 2 is 2.24 bits per heavy atom. The molecule has 2 rings (SSSR count). The number of ether oxygens (including phenoxy) is 1. The van der Waals surface area contributed by atoms with Crippen molar-refractivity contribution in [3.05, 3.63) is 0 Å². The molecule has 17 heavy (non-hydrogen) atoms. The first-order chi connectivity index (χ1) is 8.22. The Bertz CT molecular complexity index is 353. The largest absolute Gasteiger partial charge is 0.472 e. The van der Waals surface area contributed by atoms with Gasteiger partial charge < -0.3 is 9.64 Å². The summed E-state index contributed by atoms with van der Waals surface area (Å²) in [6.45, 7) is 7.37. The van der Waals surface area contributed by atoms with E-state index in [1.165, 1.54) is 37.4 Å². The van der Waals surface area contributed by atoms with E-state index in [2.05, 4.69) is 20.6 Å². The van der Waals surface area contributed by atoms with Crippen LogP contribution < -0.4 is 9.64 Å². The summed E-state index contributed by atoms with van der Waals surface area (Å²) < 4.78 is 14.4. The zero-order valence-corrected chi connectivity index (χ0v) is 11.7. The van der Waals surface area contributed by atoms with Gasteiger partial charge in [0.05, 0.1) is 17.8 Å². The van der Waals surface area contributed by atoms with Crippen LogP contribution in [0.1, 0.15) is 46.5 Å². The molecule has 1 aliphatic rings. The van der Waals surface area contributed by atoms with Gasteiger partial charge in [0.25, 0.3) is 5.88 Å². The molecule has 0 amide bonds. The summed E-state index contributed by atoms with van der Waals surface area (Å²) in [5, 5.41) is 0. The molecule has 0 bridgehead atoms. The monoisotopic (exact) mass is 255 g/mol. The summed E-state index contributed by atoms with van der Waals surface area (Å²) in [5.74, 6) is 1.67. The molecule has 0 spiro atoms. The van der Waals surface area contributed by atoms with E-state index in [0.717, 1.165) is 12.4 Å². The van der Waals surface area contributed by atoms with Gasteiger partial charge >= 0.3 is 0 Å². The third-order valence-corrected chi connectivity index (χ3v) is 3.66. The van der Waals surface area contributed by atoms with Crippen LogP contribution in [-0.4, -0.2) is 27.4 Å². The van der Waals surface area contributed by atoms with Crippen molar-refractivity contribution in [2.45, 2.75) is 58.6 Å². The van der Waals surface area contributed by atoms with Gasteiger partial charge in [-0.05, 0) is 39.5 Å². The molecule has 1 atom stereocenters. The second-order valence-electron chi connectivity index (χ2n) is 4.81. The SMILES string of the molecule is CCC1CCCCN1c1nsnc1OC(C)C. The normalized spacial score (nSPS) is 20.9. The van der Waals surface area contributed by atoms with Crippen molar-refractivity contribution in [3.63, 3.8) is 0 Å². The fourth-order valence-electron chi connectivity index (χ4n) is 2.35. The Kier molecular flexibility index (Phi) is 4.20. The fraction of sp³-hybridized carbons (Fsp3) is 0.833. The lowest BCUT2D eigenvalue weighted by Crippen LogP contribution is -2.39. The highest BCUT2D eigenvalue weighted by atomic mass is 32.1. The molecule has 2 heterocycles. The summed E-state index contributed by atoms with van der Waals surface area (Å²) in [7, 11) is 0. The molecule has 0 aliphatic carbocycles. The third-order valence-electron chi connectivity index (χ3n) is 3.16. The van der Waals surface area contributed by atoms with Gasteiger partial charge in [0, 0.05) is 12.6 Å². The predicted molar refractivity (Wildman–Crippen MR) is 70.9 cm³/mol. The van der Waals surface area contributed by atoms with Crippen molar-refractivity contribution in [2.24, 2.45) is 0 Å². The van der Waals surface area contributed by atoms with E-state index in [0.29, 0.717) is 11.9 Å². The summed E-state index contributed by atoms with van der Waals surface area (Å²) >= 11 is 1.25. The Morgan fingerprint density at radius 3 is 2.94 bits per heavy atom. The minimum Gasteiger partial charge on any atom is -0.472 e. The maximum Gasteiger partial charge on any atom is 0.271 e. The molecule has 0 saturated carbocycles. The Hall–Kier alpha value is -0.840. The lowest BCUT2D eigenvalue weighted by Gasteiger charge is -2.35. The molecule has 0 aromatic carbocycles. The van der Waals surface area contributed by atoms with Gasteiger partial charge in [-0.3, -0.25) is 0 Å². The van der Waals surface area contributed by atoms with Gasteiger partial charge in [-0.15, -0.1) is 4.37 Å². The number of rotatable bonds is 4. The number of anilines is 1. The molecule has 5 heteroatoms. The molecule has 1 aromatic heterocycles. The lowest BCUT2D eigenvalue weighted by molar-refractivity contribution is 0.234. The van der Waals surface area contributed by atoms with Crippen LogP contribution in [0.15, 0.2) is 0 Å². The van der Waals surface area contributed by atoms with E-state index in [1.54, 1.807) is 0 Å². The molecule has 4 nitrogen and oxygen atoms in total. The van der Waals surface area contributed by atoms with Crippen LogP contribution in [0.5, 0.6) is 5.88 Å². The van der Waals surface area contributed by atoms with Crippen LogP contribution in [0.4, 0.5) is 5.82 Å². The van der Waals surface area contributed by atoms with Crippen LogP contribution in [0.3, 0.4) is 0 Å². The van der Waals surface area contributed by atoms with Crippen molar-refractivity contribution in [2.75, 3.05) is 11.4 Å². The Labute approximate surface area is 107 Å². The van der Waals surface area contributed by atoms with Crippen LogP contribution in [0.2, 0.25) is 0 Å². The summed E-state index contributed by atoms with van der Waals surface area (Å²) in [5.41, 5.74) is 0. The van der Waals surface area contributed by atoms with E-state index < -0.39 is 0 Å². The maximum absolute atomic E-state index is 5.73. The maximum atomic E-state index is 5.73. The smallest absolute Gasteiger partial charge is 0.271 e. The molecule has 1 unspecified atom stereocenters. The molecule has 96 valence electrons. The molecule has 1 fully saturated rings. The number of aromatic nitrogens is 2. The van der Waals surface area contributed by atoms with Gasteiger partial charge in [0.2, 0.25) is 5.82 Å². The molecule has 1 saturated heterocycles. The van der Waals surface area contributed by atoms with Gasteiger partial charge in [-0.1, -0.05) is 6.92 Å². The van der Waals surface area contributed by atoms with Gasteiger partial charge in [-0.2, -0.15) is 4.37 Å². The standard InChI is InChI=1S/C12H21N3OS/c1-4-10-7-5-6-8-15(10)11-12(14-17-13-11)16-9(2)3/h9-10H,4-8H2,1-3H3. The van der Waals surface area contributed by atoms with Crippen molar-refractivity contribution >= 4 is 17.5 Å². The van der Waals surface area contributed by atoms with Crippen molar-refractivity contribution < 1.29 is 4.74 Å². The van der Waals surface area contributed by atoms with E-state index in [1.807, 2.05) is 13.8 Å². The van der Waals surface area contributed by atoms with Gasteiger partial charge in [-0.25, -0.2) is 0 Å². The molecule has 0 N–H and O–H groups in total. The van der Waals surface area contributed by atoms with E-state index in [4.69, 9.17) is 4.74 Å². The molecular weight excluding hydrogens is 234 g/mol. The molecule has 1 aliphatic heterocycles. The van der Waals surface area contributed by atoms with Crippen molar-refractivity contribution in [1.82, 2.24) is 8.75 Å². The summed E-state index contributed by atoms with van der Waals surface area (Å²) in [4.78, 5) is 2.38. The van der Waals surface area contributed by atoms with Crippen molar-refractivity contribution in [1.29, 1.82) is 0 Å². The van der Waals surface area contributed by atoms with Crippen LogP contribution in [0, 0.1) is 0 Å². The lowest BCUT2D eigenvalue weighted by atomic mass is 10.0. The first-order valence-corrected chi connectivity index (χ1v) is 7.21. The first-order valence-electron chi connectivity index (χ1n) is 6.48. The van der Waals surface area contributed by atoms with Crippen LogP contribution in [0.25, 0.3) is 0 Å². The molecule has 1 aromatic rings. The highest BCUT2D eigenvalue weighted by Crippen LogP contribution is 2.32. The topological polar surface area (TPSA) is 38.2 Å². The second-order valence-corrected chi connectivity index (χ2v) is 5.34. The number of nitrogens with zero attached hydrogens (tertiary/aromatic N) is 3. The van der Waals surface area contributed by atoms with Gasteiger partial charge in [0.15, 0.2) is 0 Å². The molecular formula is C12H21N3OS. The van der Waals surface area contributed by atoms with Crippen LogP contribution >= 0.6 is 11.7 Å². The quantitative estimate of drug-likeness (QED) is 0.828. The Balaban J connectivity index is 2.16. The highest BCUT2D eigenvalue weighted by molar-refractivity contribution is 6.99. The third kappa shape index (κ3) is 2.89. The zero-order chi connectivity index (χ0) is 12.3. The first kappa shape index (κ1) is 12.6.